The predicted molar refractivity (Wildman–Crippen MR) is 71.5 cm³/mol. The van der Waals surface area contributed by atoms with E-state index in [1.807, 2.05) is 0 Å². The highest BCUT2D eigenvalue weighted by Crippen LogP contribution is 2.39. The van der Waals surface area contributed by atoms with E-state index in [1.54, 1.807) is 0 Å². The Balaban J connectivity index is 2.23. The maximum Gasteiger partial charge on any atom is 0.225 e. The summed E-state index contributed by atoms with van der Waals surface area (Å²) in [6.07, 6.45) is 2.52. The van der Waals surface area contributed by atoms with E-state index in [9.17, 15) is 0 Å². The summed E-state index contributed by atoms with van der Waals surface area (Å²) in [6, 6.07) is 2.08. The smallest absolute Gasteiger partial charge is 0.225 e. The van der Waals surface area contributed by atoms with Crippen LogP contribution < -0.4 is 10.6 Å². The van der Waals surface area contributed by atoms with Crippen LogP contribution in [-0.2, 0) is 0 Å². The maximum absolute atomic E-state index is 4.60. The Morgan fingerprint density at radius 1 is 1.29 bits per heavy atom. The Morgan fingerprint density at radius 3 is 2.53 bits per heavy atom. The Hall–Kier alpha value is -1.32. The van der Waals surface area contributed by atoms with Gasteiger partial charge in [-0.25, -0.2) is 4.98 Å². The molecule has 0 aliphatic heterocycles. The molecule has 1 heterocycles. The first-order valence-corrected chi connectivity index (χ1v) is 6.39. The van der Waals surface area contributed by atoms with Crippen molar-refractivity contribution in [3.8, 4) is 0 Å². The highest BCUT2D eigenvalue weighted by atomic mass is 15.2. The minimum absolute atomic E-state index is 0.00827. The number of nitrogens with one attached hydrogen (secondary N) is 2. The van der Waals surface area contributed by atoms with Crippen molar-refractivity contribution >= 4 is 11.8 Å². The van der Waals surface area contributed by atoms with Gasteiger partial charge in [-0.1, -0.05) is 0 Å². The lowest BCUT2D eigenvalue weighted by molar-refractivity contribution is 0.625. The van der Waals surface area contributed by atoms with E-state index in [4.69, 9.17) is 0 Å². The number of rotatable bonds is 4. The van der Waals surface area contributed by atoms with Gasteiger partial charge in [0, 0.05) is 24.1 Å². The summed E-state index contributed by atoms with van der Waals surface area (Å²) >= 11 is 0. The van der Waals surface area contributed by atoms with Gasteiger partial charge in [0.05, 0.1) is 5.69 Å². The molecule has 1 aromatic heterocycles. The fraction of sp³-hybridized carbons (Fsp3) is 0.692. The van der Waals surface area contributed by atoms with Crippen LogP contribution in [0.2, 0.25) is 0 Å². The van der Waals surface area contributed by atoms with E-state index < -0.39 is 0 Å². The summed E-state index contributed by atoms with van der Waals surface area (Å²) in [7, 11) is 0. The van der Waals surface area contributed by atoms with E-state index >= 15 is 0 Å². The van der Waals surface area contributed by atoms with Crippen molar-refractivity contribution in [1.29, 1.82) is 0 Å². The first-order valence-electron chi connectivity index (χ1n) is 6.39. The molecule has 2 N–H and O–H groups in total. The molecular weight excluding hydrogens is 212 g/mol. The maximum atomic E-state index is 4.60. The van der Waals surface area contributed by atoms with Crippen molar-refractivity contribution in [2.45, 2.75) is 52.0 Å². The van der Waals surface area contributed by atoms with Crippen molar-refractivity contribution in [1.82, 2.24) is 9.97 Å². The molecule has 0 atom stereocenters. The molecule has 2 rings (SSSR count). The third-order valence-corrected chi connectivity index (χ3v) is 2.59. The number of aromatic nitrogens is 2. The zero-order valence-electron chi connectivity index (χ0n) is 11.2. The van der Waals surface area contributed by atoms with Crippen molar-refractivity contribution in [2.75, 3.05) is 17.2 Å². The largest absolute Gasteiger partial charge is 0.370 e. The predicted octanol–water partition coefficient (Wildman–Crippen LogP) is 3.00. The topological polar surface area (TPSA) is 49.8 Å². The highest BCUT2D eigenvalue weighted by Gasteiger charge is 2.26. The number of hydrogen-bond donors (Lipinski definition) is 2. The first-order chi connectivity index (χ1) is 7.98. The van der Waals surface area contributed by atoms with Gasteiger partial charge in [0.15, 0.2) is 0 Å². The second kappa shape index (κ2) is 4.51. The van der Waals surface area contributed by atoms with Crippen LogP contribution >= 0.6 is 0 Å². The van der Waals surface area contributed by atoms with Gasteiger partial charge < -0.3 is 10.6 Å². The molecule has 17 heavy (non-hydrogen) atoms. The van der Waals surface area contributed by atoms with Crippen molar-refractivity contribution in [2.24, 2.45) is 0 Å². The van der Waals surface area contributed by atoms with Gasteiger partial charge in [-0.3, -0.25) is 0 Å². The molecule has 0 unspecified atom stereocenters. The van der Waals surface area contributed by atoms with E-state index in [0.717, 1.165) is 18.3 Å². The standard InChI is InChI=1S/C13H22N4/c1-5-14-11-8-10(9-6-7-9)15-12(16-11)17-13(2,3)4/h8-9H,5-7H2,1-4H3,(H2,14,15,16,17). The van der Waals surface area contributed by atoms with Crippen LogP contribution in [0.4, 0.5) is 11.8 Å². The van der Waals surface area contributed by atoms with Gasteiger partial charge >= 0.3 is 0 Å². The summed E-state index contributed by atoms with van der Waals surface area (Å²) in [6.45, 7) is 9.32. The van der Waals surface area contributed by atoms with Gasteiger partial charge in [0.25, 0.3) is 0 Å². The summed E-state index contributed by atoms with van der Waals surface area (Å²) in [5.41, 5.74) is 1.16. The van der Waals surface area contributed by atoms with Gasteiger partial charge in [-0.15, -0.1) is 0 Å². The fourth-order valence-electron chi connectivity index (χ4n) is 1.72. The molecule has 0 radical (unpaired) electrons. The molecule has 0 aromatic carbocycles. The highest BCUT2D eigenvalue weighted by molar-refractivity contribution is 5.44. The molecule has 0 spiro atoms. The zero-order chi connectivity index (χ0) is 12.5. The molecule has 0 amide bonds. The molecule has 0 bridgehead atoms. The lowest BCUT2D eigenvalue weighted by Gasteiger charge is -2.21. The first kappa shape index (κ1) is 12.1. The van der Waals surface area contributed by atoms with Crippen LogP contribution in [0.1, 0.15) is 52.1 Å². The Labute approximate surface area is 103 Å². The van der Waals surface area contributed by atoms with Crippen LogP contribution in [-0.4, -0.2) is 22.1 Å². The van der Waals surface area contributed by atoms with Crippen molar-refractivity contribution < 1.29 is 0 Å². The summed E-state index contributed by atoms with van der Waals surface area (Å²) < 4.78 is 0. The average molecular weight is 234 g/mol. The van der Waals surface area contributed by atoms with Crippen molar-refractivity contribution in [3.63, 3.8) is 0 Å². The van der Waals surface area contributed by atoms with E-state index in [-0.39, 0.29) is 5.54 Å². The van der Waals surface area contributed by atoms with E-state index in [1.165, 1.54) is 18.5 Å². The van der Waals surface area contributed by atoms with Crippen molar-refractivity contribution in [3.05, 3.63) is 11.8 Å². The molecule has 1 aromatic rings. The number of hydrogen-bond acceptors (Lipinski definition) is 4. The van der Waals surface area contributed by atoms with Gasteiger partial charge in [0.1, 0.15) is 5.82 Å². The molecule has 1 aliphatic rings. The Bertz CT molecular complexity index is 391. The molecule has 1 saturated carbocycles. The lowest BCUT2D eigenvalue weighted by Crippen LogP contribution is -2.27. The quantitative estimate of drug-likeness (QED) is 0.841. The second-order valence-electron chi connectivity index (χ2n) is 5.68. The minimum atomic E-state index is -0.00827. The third kappa shape index (κ3) is 3.58. The molecular formula is C13H22N4. The van der Waals surface area contributed by atoms with Gasteiger partial charge in [-0.2, -0.15) is 4.98 Å². The average Bonchev–Trinajstić information content (AvgIpc) is 2.97. The van der Waals surface area contributed by atoms with Crippen LogP contribution in [0.5, 0.6) is 0 Å². The van der Waals surface area contributed by atoms with Crippen LogP contribution in [0.3, 0.4) is 0 Å². The fourth-order valence-corrected chi connectivity index (χ4v) is 1.72. The number of nitrogens with zero attached hydrogens (tertiary/aromatic N) is 2. The zero-order valence-corrected chi connectivity index (χ0v) is 11.2. The van der Waals surface area contributed by atoms with Crippen LogP contribution in [0, 0.1) is 0 Å². The minimum Gasteiger partial charge on any atom is -0.370 e. The Kier molecular flexibility index (Phi) is 3.22. The molecule has 4 nitrogen and oxygen atoms in total. The van der Waals surface area contributed by atoms with Gasteiger partial charge in [0.2, 0.25) is 5.95 Å². The van der Waals surface area contributed by atoms with Gasteiger partial charge in [-0.05, 0) is 40.5 Å². The normalized spacial score (nSPS) is 15.8. The van der Waals surface area contributed by atoms with Crippen LogP contribution in [0.15, 0.2) is 6.07 Å². The van der Waals surface area contributed by atoms with Crippen LogP contribution in [0.25, 0.3) is 0 Å². The molecule has 94 valence electrons. The molecule has 4 heteroatoms. The van der Waals surface area contributed by atoms with E-state index in [2.05, 4.69) is 54.4 Å². The number of anilines is 2. The SMILES string of the molecule is CCNc1cc(C2CC2)nc(NC(C)(C)C)n1. The molecule has 1 fully saturated rings. The summed E-state index contributed by atoms with van der Waals surface area (Å²) in [5.74, 6) is 2.31. The summed E-state index contributed by atoms with van der Waals surface area (Å²) in [5, 5.41) is 6.61. The second-order valence-corrected chi connectivity index (χ2v) is 5.68. The molecule has 1 aliphatic carbocycles. The summed E-state index contributed by atoms with van der Waals surface area (Å²) in [4.78, 5) is 9.09. The molecule has 0 saturated heterocycles. The lowest BCUT2D eigenvalue weighted by atomic mass is 10.1. The third-order valence-electron chi connectivity index (χ3n) is 2.59. The van der Waals surface area contributed by atoms with E-state index in [0.29, 0.717) is 5.92 Å². The Morgan fingerprint density at radius 2 is 2.00 bits per heavy atom. The monoisotopic (exact) mass is 234 g/mol.